The third-order valence-electron chi connectivity index (χ3n) is 3.54. The van der Waals surface area contributed by atoms with Gasteiger partial charge in [0.1, 0.15) is 5.56 Å². The van der Waals surface area contributed by atoms with Crippen molar-refractivity contribution < 1.29 is 24.0 Å². The second-order valence-electron chi connectivity index (χ2n) is 5.41. The summed E-state index contributed by atoms with van der Waals surface area (Å²) in [7, 11) is 0. The summed E-state index contributed by atoms with van der Waals surface area (Å²) in [5.74, 6) is -1.88. The number of ether oxygens (including phenoxy) is 1. The quantitative estimate of drug-likeness (QED) is 0.368. The first kappa shape index (κ1) is 18.8. The molecule has 8 nitrogen and oxygen atoms in total. The van der Waals surface area contributed by atoms with Crippen LogP contribution in [0.1, 0.15) is 34.6 Å². The second kappa shape index (κ2) is 8.02. The van der Waals surface area contributed by atoms with Crippen LogP contribution in [0.3, 0.4) is 0 Å². The maximum atomic E-state index is 12.2. The van der Waals surface area contributed by atoms with Gasteiger partial charge in [-0.1, -0.05) is 24.3 Å². The fraction of sp³-hybridized carbons (Fsp3) is 0.167. The van der Waals surface area contributed by atoms with Crippen molar-refractivity contribution in [2.75, 3.05) is 5.32 Å². The molecular formula is C18H16N2O6. The van der Waals surface area contributed by atoms with Crippen molar-refractivity contribution in [2.45, 2.75) is 20.0 Å². The number of carbonyl (C=O) groups is 3. The molecule has 1 amide bonds. The molecule has 2 rings (SSSR count). The normalized spacial score (nSPS) is 11.3. The molecule has 8 heteroatoms. The van der Waals surface area contributed by atoms with Gasteiger partial charge in [-0.25, -0.2) is 4.79 Å². The number of Topliss-reactive ketones (excluding diaryl/α,β-unsaturated/α-hetero) is 1. The summed E-state index contributed by atoms with van der Waals surface area (Å²) in [5.41, 5.74) is -0.0509. The van der Waals surface area contributed by atoms with E-state index in [-0.39, 0.29) is 11.3 Å². The number of esters is 1. The highest BCUT2D eigenvalue weighted by Crippen LogP contribution is 2.20. The van der Waals surface area contributed by atoms with Crippen molar-refractivity contribution >= 4 is 29.0 Å². The molecule has 26 heavy (non-hydrogen) atoms. The summed E-state index contributed by atoms with van der Waals surface area (Å²) in [6, 6.07) is 11.7. The molecule has 134 valence electrons. The number of ketones is 1. The molecule has 0 heterocycles. The molecule has 2 aromatic rings. The van der Waals surface area contributed by atoms with E-state index in [1.165, 1.54) is 38.1 Å². The van der Waals surface area contributed by atoms with E-state index in [1.807, 2.05) is 0 Å². The molecule has 0 saturated carbocycles. The summed E-state index contributed by atoms with van der Waals surface area (Å²) in [6.07, 6.45) is -1.22. The Hall–Kier alpha value is -3.55. The third kappa shape index (κ3) is 4.29. The highest BCUT2D eigenvalue weighted by molar-refractivity contribution is 6.05. The van der Waals surface area contributed by atoms with Crippen LogP contribution in [0.25, 0.3) is 0 Å². The number of rotatable bonds is 6. The lowest BCUT2D eigenvalue weighted by Gasteiger charge is -2.15. The Morgan fingerprint density at radius 1 is 1.04 bits per heavy atom. The van der Waals surface area contributed by atoms with Crippen molar-refractivity contribution in [2.24, 2.45) is 0 Å². The lowest BCUT2D eigenvalue weighted by atomic mass is 10.1. The average molecular weight is 356 g/mol. The number of para-hydroxylation sites is 2. The number of anilines is 1. The number of hydrogen-bond acceptors (Lipinski definition) is 6. The summed E-state index contributed by atoms with van der Waals surface area (Å²) < 4.78 is 5.02. The zero-order valence-electron chi connectivity index (χ0n) is 14.1. The molecule has 0 aliphatic heterocycles. The molecular weight excluding hydrogens is 340 g/mol. The van der Waals surface area contributed by atoms with Gasteiger partial charge in [0, 0.05) is 11.6 Å². The minimum atomic E-state index is -1.22. The zero-order valence-corrected chi connectivity index (χ0v) is 14.1. The minimum Gasteiger partial charge on any atom is -0.449 e. The molecule has 1 atom stereocenters. The summed E-state index contributed by atoms with van der Waals surface area (Å²) in [6.45, 7) is 2.70. The van der Waals surface area contributed by atoms with Gasteiger partial charge in [-0.05, 0) is 32.0 Å². The lowest BCUT2D eigenvalue weighted by Crippen LogP contribution is -2.30. The molecule has 1 unspecified atom stereocenters. The van der Waals surface area contributed by atoms with Crippen LogP contribution in [0.2, 0.25) is 0 Å². The second-order valence-corrected chi connectivity index (χ2v) is 5.41. The SMILES string of the molecule is CC(=O)c1ccccc1NC(=O)C(C)OC(=O)c1ccccc1[N+](=O)[O-]. The fourth-order valence-electron chi connectivity index (χ4n) is 2.22. The topological polar surface area (TPSA) is 116 Å². The first-order valence-electron chi connectivity index (χ1n) is 7.66. The van der Waals surface area contributed by atoms with Crippen molar-refractivity contribution in [3.63, 3.8) is 0 Å². The van der Waals surface area contributed by atoms with Gasteiger partial charge in [-0.15, -0.1) is 0 Å². The van der Waals surface area contributed by atoms with Gasteiger partial charge in [-0.2, -0.15) is 0 Å². The maximum Gasteiger partial charge on any atom is 0.345 e. The van der Waals surface area contributed by atoms with Crippen molar-refractivity contribution in [3.8, 4) is 0 Å². The van der Waals surface area contributed by atoms with Crippen LogP contribution < -0.4 is 5.32 Å². The molecule has 0 bridgehead atoms. The summed E-state index contributed by atoms with van der Waals surface area (Å²) >= 11 is 0. The predicted octanol–water partition coefficient (Wildman–Crippen LogP) is 2.98. The third-order valence-corrected chi connectivity index (χ3v) is 3.54. The van der Waals surface area contributed by atoms with Gasteiger partial charge in [0.2, 0.25) is 0 Å². The summed E-state index contributed by atoms with van der Waals surface area (Å²) in [4.78, 5) is 46.2. The lowest BCUT2D eigenvalue weighted by molar-refractivity contribution is -0.385. The van der Waals surface area contributed by atoms with E-state index in [0.717, 1.165) is 0 Å². The predicted molar refractivity (Wildman–Crippen MR) is 93.1 cm³/mol. The van der Waals surface area contributed by atoms with Crippen LogP contribution in [0, 0.1) is 10.1 Å². The van der Waals surface area contributed by atoms with Gasteiger partial charge >= 0.3 is 5.97 Å². The van der Waals surface area contributed by atoms with E-state index in [0.29, 0.717) is 11.3 Å². The van der Waals surface area contributed by atoms with Gasteiger partial charge in [0.25, 0.3) is 11.6 Å². The number of nitro benzene ring substituents is 1. The van der Waals surface area contributed by atoms with E-state index in [1.54, 1.807) is 24.3 Å². The van der Waals surface area contributed by atoms with Gasteiger partial charge in [0.15, 0.2) is 11.9 Å². The van der Waals surface area contributed by atoms with E-state index >= 15 is 0 Å². The molecule has 0 saturated heterocycles. The summed E-state index contributed by atoms with van der Waals surface area (Å²) in [5, 5.41) is 13.5. The number of carbonyl (C=O) groups excluding carboxylic acids is 3. The van der Waals surface area contributed by atoms with E-state index < -0.39 is 28.6 Å². The van der Waals surface area contributed by atoms with Crippen LogP contribution >= 0.6 is 0 Å². The number of hydrogen-bond donors (Lipinski definition) is 1. The molecule has 1 N–H and O–H groups in total. The number of nitrogens with one attached hydrogen (secondary N) is 1. The van der Waals surface area contributed by atoms with Crippen LogP contribution in [-0.2, 0) is 9.53 Å². The van der Waals surface area contributed by atoms with E-state index in [2.05, 4.69) is 5.32 Å². The largest absolute Gasteiger partial charge is 0.449 e. The Kier molecular flexibility index (Phi) is 5.79. The van der Waals surface area contributed by atoms with Crippen molar-refractivity contribution in [3.05, 3.63) is 69.8 Å². The molecule has 2 aromatic carbocycles. The molecule has 0 radical (unpaired) electrons. The molecule has 0 aliphatic carbocycles. The first-order chi connectivity index (χ1) is 12.3. The zero-order chi connectivity index (χ0) is 19.3. The Labute approximate surface area is 148 Å². The number of nitro groups is 1. The highest BCUT2D eigenvalue weighted by Gasteiger charge is 2.25. The minimum absolute atomic E-state index is 0.231. The van der Waals surface area contributed by atoms with Crippen LogP contribution in [0.4, 0.5) is 11.4 Å². The van der Waals surface area contributed by atoms with Crippen molar-refractivity contribution in [1.82, 2.24) is 0 Å². The molecule has 0 aromatic heterocycles. The van der Waals surface area contributed by atoms with E-state index in [4.69, 9.17) is 4.74 Å². The Morgan fingerprint density at radius 3 is 2.23 bits per heavy atom. The fourth-order valence-corrected chi connectivity index (χ4v) is 2.22. The van der Waals surface area contributed by atoms with Gasteiger partial charge in [0.05, 0.1) is 10.6 Å². The maximum absolute atomic E-state index is 12.2. The number of amides is 1. The van der Waals surface area contributed by atoms with Crippen LogP contribution in [-0.4, -0.2) is 28.7 Å². The monoisotopic (exact) mass is 356 g/mol. The van der Waals surface area contributed by atoms with Gasteiger partial charge < -0.3 is 10.1 Å². The first-order valence-corrected chi connectivity index (χ1v) is 7.66. The van der Waals surface area contributed by atoms with Gasteiger partial charge in [-0.3, -0.25) is 19.7 Å². The Balaban J connectivity index is 2.12. The van der Waals surface area contributed by atoms with Crippen molar-refractivity contribution in [1.29, 1.82) is 0 Å². The standard InChI is InChI=1S/C18H16N2O6/c1-11(21)13-7-3-5-9-15(13)19-17(22)12(2)26-18(23)14-8-4-6-10-16(14)20(24)25/h3-10,12H,1-2H3,(H,19,22). The molecule has 0 aliphatic rings. The molecule has 0 fully saturated rings. The highest BCUT2D eigenvalue weighted by atomic mass is 16.6. The number of nitrogens with zero attached hydrogens (tertiary/aromatic N) is 1. The Morgan fingerprint density at radius 2 is 1.62 bits per heavy atom. The Bertz CT molecular complexity index is 877. The molecule has 0 spiro atoms. The average Bonchev–Trinajstić information content (AvgIpc) is 2.61. The van der Waals surface area contributed by atoms with Crippen LogP contribution in [0.15, 0.2) is 48.5 Å². The number of benzene rings is 2. The van der Waals surface area contributed by atoms with E-state index in [9.17, 15) is 24.5 Å². The smallest absolute Gasteiger partial charge is 0.345 e. The van der Waals surface area contributed by atoms with Crippen LogP contribution in [0.5, 0.6) is 0 Å².